The molecule has 0 bridgehead atoms. The molecule has 0 rings (SSSR count). The molecule has 0 unspecified atom stereocenters. The van der Waals surface area contributed by atoms with Gasteiger partial charge in [-0.3, -0.25) is 9.59 Å². The topological polar surface area (TPSA) is 55.4 Å². The Balaban J connectivity index is 3.43. The van der Waals surface area contributed by atoms with Crippen molar-refractivity contribution >= 4 is 11.9 Å². The second-order valence-corrected chi connectivity index (χ2v) is 2.16. The van der Waals surface area contributed by atoms with Crippen molar-refractivity contribution in [3.05, 3.63) is 12.7 Å². The fourth-order valence-corrected chi connectivity index (χ4v) is 0.510. The van der Waals surface area contributed by atoms with E-state index < -0.39 is 0 Å². The fourth-order valence-electron chi connectivity index (χ4n) is 0.510. The van der Waals surface area contributed by atoms with E-state index in [1.54, 1.807) is 6.08 Å². The molecule has 4 nitrogen and oxygen atoms in total. The molecule has 0 fully saturated rings. The number of rotatable bonds is 5. The number of ether oxygens (including phenoxy) is 1. The molecule has 0 radical (unpaired) electrons. The van der Waals surface area contributed by atoms with Crippen molar-refractivity contribution in [2.24, 2.45) is 0 Å². The third-order valence-corrected chi connectivity index (χ3v) is 1.20. The quantitative estimate of drug-likeness (QED) is 0.476. The molecule has 0 aliphatic carbocycles. The second-order valence-electron chi connectivity index (χ2n) is 2.16. The van der Waals surface area contributed by atoms with E-state index in [1.807, 2.05) is 0 Å². The molecule has 0 aromatic carbocycles. The van der Waals surface area contributed by atoms with Crippen molar-refractivity contribution in [2.45, 2.75) is 12.8 Å². The zero-order valence-corrected chi connectivity index (χ0v) is 7.13. The predicted molar refractivity (Wildman–Crippen MR) is 44.5 cm³/mol. The summed E-state index contributed by atoms with van der Waals surface area (Å²) in [4.78, 5) is 21.4. The molecule has 0 spiro atoms. The van der Waals surface area contributed by atoms with Crippen molar-refractivity contribution in [2.75, 3.05) is 13.7 Å². The van der Waals surface area contributed by atoms with E-state index in [0.29, 0.717) is 6.42 Å². The molecule has 0 aromatic rings. The number of carbonyl (C=O) groups excluding carboxylic acids is 2. The lowest BCUT2D eigenvalue weighted by Gasteiger charge is -2.01. The van der Waals surface area contributed by atoms with E-state index in [0.717, 1.165) is 0 Å². The normalized spacial score (nSPS) is 8.75. The van der Waals surface area contributed by atoms with Crippen LogP contribution in [0.3, 0.4) is 0 Å². The van der Waals surface area contributed by atoms with Gasteiger partial charge in [0.25, 0.3) is 5.91 Å². The van der Waals surface area contributed by atoms with Crippen LogP contribution >= 0.6 is 0 Å². The summed E-state index contributed by atoms with van der Waals surface area (Å²) in [6.07, 6.45) is 2.48. The number of allylic oxidation sites excluding steroid dienone is 1. The second kappa shape index (κ2) is 6.39. The first-order valence-corrected chi connectivity index (χ1v) is 3.67. The van der Waals surface area contributed by atoms with Crippen molar-refractivity contribution in [3.63, 3.8) is 0 Å². The van der Waals surface area contributed by atoms with Gasteiger partial charge >= 0.3 is 5.97 Å². The van der Waals surface area contributed by atoms with Gasteiger partial charge in [0.1, 0.15) is 0 Å². The third-order valence-electron chi connectivity index (χ3n) is 1.20. The summed E-state index contributed by atoms with van der Waals surface area (Å²) in [6, 6.07) is 0. The highest BCUT2D eigenvalue weighted by atomic mass is 16.5. The Labute approximate surface area is 71.6 Å². The number of carbonyl (C=O) groups is 2. The van der Waals surface area contributed by atoms with Crippen LogP contribution in [-0.2, 0) is 14.3 Å². The summed E-state index contributed by atoms with van der Waals surface area (Å²) in [5.41, 5.74) is 0. The molecule has 0 aliphatic rings. The Kier molecular flexibility index (Phi) is 5.69. The minimum Gasteiger partial charge on any atom is -0.456 e. The molecule has 0 aromatic heterocycles. The molecule has 68 valence electrons. The van der Waals surface area contributed by atoms with E-state index in [4.69, 9.17) is 0 Å². The van der Waals surface area contributed by atoms with Crippen molar-refractivity contribution < 1.29 is 14.3 Å². The van der Waals surface area contributed by atoms with Gasteiger partial charge in [0, 0.05) is 13.5 Å². The number of esters is 1. The van der Waals surface area contributed by atoms with Crippen molar-refractivity contribution in [1.29, 1.82) is 0 Å². The number of nitrogens with one attached hydrogen (secondary N) is 1. The highest BCUT2D eigenvalue weighted by molar-refractivity contribution is 5.80. The summed E-state index contributed by atoms with van der Waals surface area (Å²) in [6.45, 7) is 3.26. The van der Waals surface area contributed by atoms with Gasteiger partial charge in [0.15, 0.2) is 6.61 Å². The fraction of sp³-hybridized carbons (Fsp3) is 0.500. The number of hydrogen-bond donors (Lipinski definition) is 1. The van der Waals surface area contributed by atoms with Gasteiger partial charge in [-0.05, 0) is 6.42 Å². The molecule has 0 heterocycles. The van der Waals surface area contributed by atoms with E-state index in [2.05, 4.69) is 16.6 Å². The molecule has 1 N–H and O–H groups in total. The van der Waals surface area contributed by atoms with Crippen LogP contribution in [0.5, 0.6) is 0 Å². The lowest BCUT2D eigenvalue weighted by molar-refractivity contribution is -0.148. The van der Waals surface area contributed by atoms with Crippen LogP contribution in [0.2, 0.25) is 0 Å². The van der Waals surface area contributed by atoms with Crippen LogP contribution in [0.4, 0.5) is 0 Å². The third kappa shape index (κ3) is 5.46. The van der Waals surface area contributed by atoms with Crippen LogP contribution in [0.15, 0.2) is 12.7 Å². The predicted octanol–water partition coefficient (Wildman–Crippen LogP) is 0.242. The Morgan fingerprint density at radius 1 is 1.58 bits per heavy atom. The van der Waals surface area contributed by atoms with Gasteiger partial charge in [-0.2, -0.15) is 0 Å². The zero-order valence-electron chi connectivity index (χ0n) is 7.13. The molecular weight excluding hydrogens is 158 g/mol. The van der Waals surface area contributed by atoms with Gasteiger partial charge in [-0.25, -0.2) is 0 Å². The number of likely N-dealkylation sites (N-methyl/N-ethyl adjacent to an activating group) is 1. The molecule has 0 aliphatic heterocycles. The molecular formula is C8H13NO3. The zero-order chi connectivity index (χ0) is 9.40. The first-order chi connectivity index (χ1) is 5.70. The maximum Gasteiger partial charge on any atom is 0.306 e. The minimum absolute atomic E-state index is 0.202. The van der Waals surface area contributed by atoms with Gasteiger partial charge in [0.2, 0.25) is 0 Å². The van der Waals surface area contributed by atoms with Crippen molar-refractivity contribution in [1.82, 2.24) is 5.32 Å². The van der Waals surface area contributed by atoms with E-state index in [-0.39, 0.29) is 24.9 Å². The van der Waals surface area contributed by atoms with Crippen LogP contribution in [0.25, 0.3) is 0 Å². The number of amides is 1. The lowest BCUT2D eigenvalue weighted by Crippen LogP contribution is -2.24. The molecule has 12 heavy (non-hydrogen) atoms. The Morgan fingerprint density at radius 2 is 2.25 bits per heavy atom. The standard InChI is InChI=1S/C8H13NO3/c1-3-4-5-8(11)12-6-7(10)9-2/h3H,1,4-6H2,2H3,(H,9,10). The van der Waals surface area contributed by atoms with Crippen LogP contribution in [0.1, 0.15) is 12.8 Å². The average Bonchev–Trinajstić information content (AvgIpc) is 2.10. The summed E-state index contributed by atoms with van der Waals surface area (Å²) >= 11 is 0. The van der Waals surface area contributed by atoms with Crippen LogP contribution in [-0.4, -0.2) is 25.5 Å². The summed E-state index contributed by atoms with van der Waals surface area (Å²) in [5, 5.41) is 2.34. The van der Waals surface area contributed by atoms with Crippen LogP contribution in [0, 0.1) is 0 Å². The minimum atomic E-state index is -0.376. The SMILES string of the molecule is C=CCCC(=O)OCC(=O)NC. The maximum absolute atomic E-state index is 10.8. The Hall–Kier alpha value is -1.32. The van der Waals surface area contributed by atoms with Gasteiger partial charge < -0.3 is 10.1 Å². The molecule has 4 heteroatoms. The molecule has 1 amide bonds. The lowest BCUT2D eigenvalue weighted by atomic mass is 10.3. The summed E-state index contributed by atoms with van der Waals surface area (Å²) in [5.74, 6) is -0.680. The number of hydrogen-bond acceptors (Lipinski definition) is 3. The molecule has 0 saturated heterocycles. The largest absolute Gasteiger partial charge is 0.456 e. The molecule has 0 saturated carbocycles. The van der Waals surface area contributed by atoms with Gasteiger partial charge in [-0.1, -0.05) is 6.08 Å². The summed E-state index contributed by atoms with van der Waals surface area (Å²) in [7, 11) is 1.49. The van der Waals surface area contributed by atoms with E-state index in [9.17, 15) is 9.59 Å². The van der Waals surface area contributed by atoms with E-state index in [1.165, 1.54) is 7.05 Å². The molecule has 0 atom stereocenters. The van der Waals surface area contributed by atoms with Gasteiger partial charge in [0.05, 0.1) is 0 Å². The smallest absolute Gasteiger partial charge is 0.306 e. The highest BCUT2D eigenvalue weighted by Gasteiger charge is 2.03. The van der Waals surface area contributed by atoms with Crippen LogP contribution < -0.4 is 5.32 Å². The highest BCUT2D eigenvalue weighted by Crippen LogP contribution is 1.92. The Morgan fingerprint density at radius 3 is 2.75 bits per heavy atom. The first kappa shape index (κ1) is 10.7. The monoisotopic (exact) mass is 171 g/mol. The van der Waals surface area contributed by atoms with Crippen molar-refractivity contribution in [3.8, 4) is 0 Å². The Bertz CT molecular complexity index is 177. The average molecular weight is 171 g/mol. The summed E-state index contributed by atoms with van der Waals surface area (Å²) < 4.78 is 4.60. The maximum atomic E-state index is 10.8. The van der Waals surface area contributed by atoms with Gasteiger partial charge in [-0.15, -0.1) is 6.58 Å². The van der Waals surface area contributed by atoms with E-state index >= 15 is 0 Å². The first-order valence-electron chi connectivity index (χ1n) is 3.67.